The van der Waals surface area contributed by atoms with Crippen LogP contribution in [-0.2, 0) is 32.6 Å². The Morgan fingerprint density at radius 2 is 1.45 bits per heavy atom. The van der Waals surface area contributed by atoms with E-state index in [2.05, 4.69) is 5.32 Å². The molecular formula is C30H37N3O4S. The molecule has 7 nitrogen and oxygen atoms in total. The molecule has 0 aliphatic carbocycles. The predicted octanol–water partition coefficient (Wildman–Crippen LogP) is 4.15. The Hall–Kier alpha value is -3.65. The van der Waals surface area contributed by atoms with Crippen molar-refractivity contribution in [3.8, 4) is 0 Å². The summed E-state index contributed by atoms with van der Waals surface area (Å²) in [5, 5.41) is 2.86. The summed E-state index contributed by atoms with van der Waals surface area (Å²) in [4.78, 5) is 28.8. The van der Waals surface area contributed by atoms with Crippen LogP contribution in [-0.4, -0.2) is 50.5 Å². The summed E-state index contributed by atoms with van der Waals surface area (Å²) in [6.07, 6.45) is 1.39. The molecule has 0 aromatic heterocycles. The van der Waals surface area contributed by atoms with Gasteiger partial charge in [-0.15, -0.1) is 0 Å². The summed E-state index contributed by atoms with van der Waals surface area (Å²) in [6, 6.07) is 21.9. The molecule has 38 heavy (non-hydrogen) atoms. The third-order valence-electron chi connectivity index (χ3n) is 6.27. The number of hydrogen-bond acceptors (Lipinski definition) is 4. The molecule has 3 aromatic rings. The molecule has 0 aliphatic heterocycles. The van der Waals surface area contributed by atoms with E-state index in [0.29, 0.717) is 18.7 Å². The molecule has 0 spiro atoms. The van der Waals surface area contributed by atoms with Gasteiger partial charge in [-0.25, -0.2) is 8.42 Å². The highest BCUT2D eigenvalue weighted by atomic mass is 32.2. The molecule has 0 saturated carbocycles. The van der Waals surface area contributed by atoms with Gasteiger partial charge in [-0.3, -0.25) is 13.9 Å². The van der Waals surface area contributed by atoms with Crippen molar-refractivity contribution < 1.29 is 18.0 Å². The number of nitrogens with one attached hydrogen (secondary N) is 1. The Kier molecular flexibility index (Phi) is 9.69. The summed E-state index contributed by atoms with van der Waals surface area (Å²) in [7, 11) is -3.79. The lowest BCUT2D eigenvalue weighted by Crippen LogP contribution is -2.53. The molecule has 0 aliphatic rings. The fourth-order valence-corrected chi connectivity index (χ4v) is 5.28. The molecular weight excluding hydrogens is 498 g/mol. The van der Waals surface area contributed by atoms with Crippen LogP contribution in [0.5, 0.6) is 0 Å². The van der Waals surface area contributed by atoms with Gasteiger partial charge >= 0.3 is 0 Å². The summed E-state index contributed by atoms with van der Waals surface area (Å²) < 4.78 is 26.9. The van der Waals surface area contributed by atoms with E-state index in [9.17, 15) is 18.0 Å². The topological polar surface area (TPSA) is 86.8 Å². The first-order chi connectivity index (χ1) is 18.0. The van der Waals surface area contributed by atoms with Gasteiger partial charge in [-0.2, -0.15) is 0 Å². The van der Waals surface area contributed by atoms with E-state index in [4.69, 9.17) is 0 Å². The molecule has 8 heteroatoms. The maximum Gasteiger partial charge on any atom is 0.244 e. The van der Waals surface area contributed by atoms with Crippen LogP contribution in [0, 0.1) is 20.8 Å². The molecule has 0 radical (unpaired) electrons. The number of hydrogen-bond donors (Lipinski definition) is 1. The number of rotatable bonds is 11. The predicted molar refractivity (Wildman–Crippen MR) is 152 cm³/mol. The van der Waals surface area contributed by atoms with Gasteiger partial charge in [-0.05, 0) is 62.1 Å². The molecule has 2 amide bonds. The van der Waals surface area contributed by atoms with Crippen LogP contribution < -0.4 is 9.62 Å². The van der Waals surface area contributed by atoms with Gasteiger partial charge in [0.1, 0.15) is 12.6 Å². The number of carbonyl (C=O) groups excluding carboxylic acids is 2. The standard InChI is InChI=1S/C30H37N3O4S/c1-6-31-30(35)28(19-25-10-8-7-9-11-25)32(20-26-14-12-22(2)13-15-26)29(34)21-33(38(5,36)37)27-17-23(3)16-24(4)18-27/h7-18,28H,6,19-21H2,1-5H3,(H,31,35)/t28-/m0/s1. The monoisotopic (exact) mass is 535 g/mol. The molecule has 1 atom stereocenters. The maximum absolute atomic E-state index is 14.0. The van der Waals surface area contributed by atoms with Crippen LogP contribution in [0.15, 0.2) is 72.8 Å². The van der Waals surface area contributed by atoms with Crippen molar-refractivity contribution in [3.63, 3.8) is 0 Å². The van der Waals surface area contributed by atoms with Gasteiger partial charge in [0.25, 0.3) is 0 Å². The molecule has 0 bridgehead atoms. The third kappa shape index (κ3) is 7.92. The second kappa shape index (κ2) is 12.7. The van der Waals surface area contributed by atoms with E-state index in [1.54, 1.807) is 12.1 Å². The second-order valence-electron chi connectivity index (χ2n) is 9.72. The van der Waals surface area contributed by atoms with Crippen LogP contribution in [0.4, 0.5) is 5.69 Å². The summed E-state index contributed by atoms with van der Waals surface area (Å²) in [6.45, 7) is 7.73. The lowest BCUT2D eigenvalue weighted by Gasteiger charge is -2.33. The van der Waals surface area contributed by atoms with Crippen LogP contribution in [0.3, 0.4) is 0 Å². The smallest absolute Gasteiger partial charge is 0.244 e. The number of anilines is 1. The Balaban J connectivity index is 2.05. The highest BCUT2D eigenvalue weighted by molar-refractivity contribution is 7.92. The van der Waals surface area contributed by atoms with Crippen molar-refractivity contribution in [2.75, 3.05) is 23.7 Å². The van der Waals surface area contributed by atoms with Gasteiger partial charge in [-0.1, -0.05) is 66.2 Å². The summed E-state index contributed by atoms with van der Waals surface area (Å²) >= 11 is 0. The van der Waals surface area contributed by atoms with Gasteiger partial charge in [0.05, 0.1) is 11.9 Å². The van der Waals surface area contributed by atoms with E-state index in [0.717, 1.165) is 38.4 Å². The molecule has 202 valence electrons. The Morgan fingerprint density at radius 1 is 0.842 bits per heavy atom. The summed E-state index contributed by atoms with van der Waals surface area (Å²) in [5.41, 5.74) is 5.03. The van der Waals surface area contributed by atoms with Crippen molar-refractivity contribution in [3.05, 3.63) is 101 Å². The van der Waals surface area contributed by atoms with Crippen molar-refractivity contribution in [2.24, 2.45) is 0 Å². The maximum atomic E-state index is 14.0. The average Bonchev–Trinajstić information content (AvgIpc) is 2.85. The number of sulfonamides is 1. The molecule has 1 N–H and O–H groups in total. The Morgan fingerprint density at radius 3 is 2.00 bits per heavy atom. The van der Waals surface area contributed by atoms with E-state index in [1.807, 2.05) is 88.4 Å². The van der Waals surface area contributed by atoms with E-state index in [1.165, 1.54) is 4.90 Å². The number of aryl methyl sites for hydroxylation is 3. The van der Waals surface area contributed by atoms with Crippen molar-refractivity contribution in [2.45, 2.75) is 46.7 Å². The first kappa shape index (κ1) is 28.9. The molecule has 3 aromatic carbocycles. The zero-order valence-electron chi connectivity index (χ0n) is 22.8. The molecule has 0 fully saturated rings. The van der Waals surface area contributed by atoms with Crippen molar-refractivity contribution in [1.82, 2.24) is 10.2 Å². The van der Waals surface area contributed by atoms with E-state index in [-0.39, 0.29) is 12.5 Å². The number of benzene rings is 3. The largest absolute Gasteiger partial charge is 0.355 e. The summed E-state index contributed by atoms with van der Waals surface area (Å²) in [5.74, 6) is -0.739. The number of amides is 2. The zero-order chi connectivity index (χ0) is 27.9. The fourth-order valence-electron chi connectivity index (χ4n) is 4.44. The normalized spacial score (nSPS) is 12.0. The quantitative estimate of drug-likeness (QED) is 0.400. The number of nitrogens with zero attached hydrogens (tertiary/aromatic N) is 2. The third-order valence-corrected chi connectivity index (χ3v) is 7.41. The number of likely N-dealkylation sites (N-methyl/N-ethyl adjacent to an activating group) is 1. The first-order valence-corrected chi connectivity index (χ1v) is 14.6. The van der Waals surface area contributed by atoms with Gasteiger partial charge < -0.3 is 10.2 Å². The Bertz CT molecular complexity index is 1340. The average molecular weight is 536 g/mol. The molecule has 0 heterocycles. The molecule has 0 saturated heterocycles. The SMILES string of the molecule is CCNC(=O)[C@H](Cc1ccccc1)N(Cc1ccc(C)cc1)C(=O)CN(c1cc(C)cc(C)c1)S(C)(=O)=O. The van der Waals surface area contributed by atoms with E-state index >= 15 is 0 Å². The van der Waals surface area contributed by atoms with E-state index < -0.39 is 28.5 Å². The lowest BCUT2D eigenvalue weighted by molar-refractivity contribution is -0.140. The van der Waals surface area contributed by atoms with Crippen molar-refractivity contribution >= 4 is 27.5 Å². The van der Waals surface area contributed by atoms with Crippen molar-refractivity contribution in [1.29, 1.82) is 0 Å². The Labute approximate surface area is 226 Å². The van der Waals surface area contributed by atoms with Gasteiger partial charge in [0.2, 0.25) is 21.8 Å². The molecule has 0 unspecified atom stereocenters. The minimum absolute atomic E-state index is 0.165. The van der Waals surface area contributed by atoms with Gasteiger partial charge in [0, 0.05) is 19.5 Å². The van der Waals surface area contributed by atoms with Crippen LogP contribution in [0.25, 0.3) is 0 Å². The first-order valence-electron chi connectivity index (χ1n) is 12.7. The fraction of sp³-hybridized carbons (Fsp3) is 0.333. The van der Waals surface area contributed by atoms with Crippen LogP contribution in [0.1, 0.15) is 34.7 Å². The van der Waals surface area contributed by atoms with Gasteiger partial charge in [0.15, 0.2) is 0 Å². The minimum atomic E-state index is -3.79. The lowest BCUT2D eigenvalue weighted by atomic mass is 10.0. The zero-order valence-corrected chi connectivity index (χ0v) is 23.6. The second-order valence-corrected chi connectivity index (χ2v) is 11.6. The molecule has 3 rings (SSSR count). The number of carbonyl (C=O) groups is 2. The van der Waals surface area contributed by atoms with Crippen LogP contribution in [0.2, 0.25) is 0 Å². The highest BCUT2D eigenvalue weighted by Crippen LogP contribution is 2.23. The minimum Gasteiger partial charge on any atom is -0.355 e. The highest BCUT2D eigenvalue weighted by Gasteiger charge is 2.32. The van der Waals surface area contributed by atoms with Crippen LogP contribution >= 0.6 is 0 Å².